The number of carbonyl (C=O) groups is 1. The van der Waals surface area contributed by atoms with Crippen molar-refractivity contribution in [1.29, 1.82) is 0 Å². The molecular formula is C15H23NO6. The highest BCUT2D eigenvalue weighted by atomic mass is 16.8. The molecule has 5 atom stereocenters. The van der Waals surface area contributed by atoms with E-state index in [1.807, 2.05) is 19.9 Å². The predicted molar refractivity (Wildman–Crippen MR) is 76.1 cm³/mol. The van der Waals surface area contributed by atoms with Crippen LogP contribution < -0.4 is 5.32 Å². The zero-order chi connectivity index (χ0) is 15.7. The molecule has 0 aromatic rings. The van der Waals surface area contributed by atoms with Crippen LogP contribution in [0.15, 0.2) is 12.7 Å². The van der Waals surface area contributed by atoms with Crippen molar-refractivity contribution in [2.45, 2.75) is 63.1 Å². The lowest BCUT2D eigenvalue weighted by Gasteiger charge is -2.48. The number of hydrogen-bond donors (Lipinski definition) is 1. The van der Waals surface area contributed by atoms with Gasteiger partial charge in [0.15, 0.2) is 18.2 Å². The van der Waals surface area contributed by atoms with Crippen LogP contribution in [0.25, 0.3) is 0 Å². The van der Waals surface area contributed by atoms with Gasteiger partial charge in [0, 0.05) is 0 Å². The lowest BCUT2D eigenvalue weighted by molar-refractivity contribution is -0.363. The summed E-state index contributed by atoms with van der Waals surface area (Å²) in [7, 11) is 0. The molecule has 0 aromatic heterocycles. The Kier molecular flexibility index (Phi) is 4.40. The Morgan fingerprint density at radius 3 is 3.05 bits per heavy atom. The van der Waals surface area contributed by atoms with Crippen LogP contribution in [0.1, 0.15) is 26.7 Å². The molecule has 3 aliphatic rings. The minimum absolute atomic E-state index is 0.314. The molecule has 7 heteroatoms. The summed E-state index contributed by atoms with van der Waals surface area (Å²) in [5.41, 5.74) is 0. The zero-order valence-corrected chi connectivity index (χ0v) is 12.9. The van der Waals surface area contributed by atoms with E-state index in [1.165, 1.54) is 0 Å². The number of hydrogen-bond acceptors (Lipinski definition) is 6. The number of carbonyl (C=O) groups excluding carboxylic acids is 1. The molecule has 3 rings (SSSR count). The van der Waals surface area contributed by atoms with Gasteiger partial charge in [-0.1, -0.05) is 6.08 Å². The van der Waals surface area contributed by atoms with Crippen LogP contribution in [0.4, 0.5) is 4.79 Å². The smallest absolute Gasteiger partial charge is 0.408 e. The van der Waals surface area contributed by atoms with Gasteiger partial charge in [-0.2, -0.15) is 0 Å². The maximum atomic E-state index is 11.6. The maximum absolute atomic E-state index is 11.6. The van der Waals surface area contributed by atoms with Crippen LogP contribution in [-0.2, 0) is 23.7 Å². The molecule has 1 amide bonds. The van der Waals surface area contributed by atoms with Gasteiger partial charge >= 0.3 is 6.09 Å². The van der Waals surface area contributed by atoms with Gasteiger partial charge in [0.05, 0.1) is 13.2 Å². The van der Waals surface area contributed by atoms with Crippen LogP contribution in [0.3, 0.4) is 0 Å². The van der Waals surface area contributed by atoms with Crippen LogP contribution in [-0.4, -0.2) is 55.7 Å². The molecular weight excluding hydrogens is 290 g/mol. The van der Waals surface area contributed by atoms with Crippen molar-refractivity contribution in [3.8, 4) is 0 Å². The third kappa shape index (κ3) is 3.12. The van der Waals surface area contributed by atoms with E-state index in [1.54, 1.807) is 0 Å². The number of allylic oxidation sites excluding steroid dienone is 1. The largest absolute Gasteiger partial charge is 0.441 e. The Hall–Kier alpha value is -1.15. The summed E-state index contributed by atoms with van der Waals surface area (Å²) in [5, 5.41) is 2.76. The van der Waals surface area contributed by atoms with Crippen molar-refractivity contribution in [3.05, 3.63) is 12.7 Å². The Bertz CT molecular complexity index is 440. The summed E-state index contributed by atoms with van der Waals surface area (Å²) >= 11 is 0. The number of ether oxygens (including phenoxy) is 5. The molecule has 1 unspecified atom stereocenters. The summed E-state index contributed by atoms with van der Waals surface area (Å²) in [4.78, 5) is 11.6. The van der Waals surface area contributed by atoms with Crippen molar-refractivity contribution in [1.82, 2.24) is 5.32 Å². The molecule has 7 nitrogen and oxygen atoms in total. The van der Waals surface area contributed by atoms with Gasteiger partial charge in [-0.3, -0.25) is 0 Å². The number of rotatable bonds is 5. The molecule has 0 radical (unpaired) electrons. The highest BCUT2D eigenvalue weighted by Crippen LogP contribution is 2.36. The van der Waals surface area contributed by atoms with E-state index in [9.17, 15) is 4.79 Å². The van der Waals surface area contributed by atoms with E-state index in [0.717, 1.165) is 12.8 Å². The second-order valence-corrected chi connectivity index (χ2v) is 6.18. The summed E-state index contributed by atoms with van der Waals surface area (Å²) < 4.78 is 28.6. The maximum Gasteiger partial charge on any atom is 0.408 e. The van der Waals surface area contributed by atoms with Crippen molar-refractivity contribution in [2.24, 2.45) is 0 Å². The molecule has 0 spiro atoms. The first-order valence-corrected chi connectivity index (χ1v) is 7.67. The van der Waals surface area contributed by atoms with Crippen molar-refractivity contribution in [2.75, 3.05) is 13.2 Å². The number of amides is 1. The Balaban J connectivity index is 1.68. The molecule has 1 N–H and O–H groups in total. The normalized spacial score (nSPS) is 39.4. The molecule has 3 heterocycles. The molecule has 3 aliphatic heterocycles. The first-order valence-electron chi connectivity index (χ1n) is 7.67. The summed E-state index contributed by atoms with van der Waals surface area (Å²) in [6, 6.07) is -0.369. The first-order chi connectivity index (χ1) is 10.5. The SMILES string of the molecule is C=CCCCOC1O[C@@H]2COC(C)(C)O[C@H]2[C@@H]2OC(=O)N[C@H]12. The van der Waals surface area contributed by atoms with Crippen molar-refractivity contribution in [3.63, 3.8) is 0 Å². The van der Waals surface area contributed by atoms with Gasteiger partial charge in [-0.05, 0) is 26.7 Å². The molecule has 0 aliphatic carbocycles. The van der Waals surface area contributed by atoms with Gasteiger partial charge in [0.1, 0.15) is 18.2 Å². The molecule has 3 saturated heterocycles. The predicted octanol–water partition coefficient (Wildman–Crippen LogP) is 1.32. The topological polar surface area (TPSA) is 75.2 Å². The second-order valence-electron chi connectivity index (χ2n) is 6.18. The Labute approximate surface area is 129 Å². The monoisotopic (exact) mass is 313 g/mol. The van der Waals surface area contributed by atoms with Crippen molar-refractivity contribution >= 4 is 6.09 Å². The third-order valence-electron chi connectivity index (χ3n) is 4.02. The Morgan fingerprint density at radius 2 is 2.27 bits per heavy atom. The zero-order valence-electron chi connectivity index (χ0n) is 12.9. The number of alkyl carbamates (subject to hydrolysis) is 1. The standard InChI is InChI=1S/C15H23NO6/c1-4-5-6-7-18-13-10-12(21-14(17)16-10)11-9(20-13)8-19-15(2,3)22-11/h4,9-13H,1,5-8H2,2-3H3,(H,16,17)/t9-,10+,11-,12-,13?/m1/s1. The average molecular weight is 313 g/mol. The quantitative estimate of drug-likeness (QED) is 0.609. The summed E-state index contributed by atoms with van der Waals surface area (Å²) in [5.74, 6) is -0.721. The molecule has 3 fully saturated rings. The minimum atomic E-state index is -0.721. The lowest BCUT2D eigenvalue weighted by atomic mass is 9.96. The van der Waals surface area contributed by atoms with Gasteiger partial charge in [-0.25, -0.2) is 4.79 Å². The van der Waals surface area contributed by atoms with E-state index in [4.69, 9.17) is 23.7 Å². The van der Waals surface area contributed by atoms with Crippen LogP contribution in [0, 0.1) is 0 Å². The summed E-state index contributed by atoms with van der Waals surface area (Å²) in [6.07, 6.45) is 1.43. The minimum Gasteiger partial charge on any atom is -0.441 e. The van der Waals surface area contributed by atoms with E-state index < -0.39 is 24.3 Å². The van der Waals surface area contributed by atoms with E-state index in [-0.39, 0.29) is 18.2 Å². The van der Waals surface area contributed by atoms with Crippen LogP contribution in [0.5, 0.6) is 0 Å². The van der Waals surface area contributed by atoms with Gasteiger partial charge < -0.3 is 29.0 Å². The Morgan fingerprint density at radius 1 is 1.45 bits per heavy atom. The fourth-order valence-corrected chi connectivity index (χ4v) is 2.98. The average Bonchev–Trinajstić information content (AvgIpc) is 2.85. The molecule has 0 bridgehead atoms. The van der Waals surface area contributed by atoms with E-state index in [0.29, 0.717) is 13.2 Å². The van der Waals surface area contributed by atoms with Gasteiger partial charge in [-0.15, -0.1) is 6.58 Å². The van der Waals surface area contributed by atoms with Gasteiger partial charge in [0.25, 0.3) is 0 Å². The molecule has 124 valence electrons. The highest BCUT2D eigenvalue weighted by molar-refractivity contribution is 5.70. The fraction of sp³-hybridized carbons (Fsp3) is 0.800. The number of nitrogens with one attached hydrogen (secondary N) is 1. The molecule has 22 heavy (non-hydrogen) atoms. The van der Waals surface area contributed by atoms with E-state index >= 15 is 0 Å². The third-order valence-corrected chi connectivity index (χ3v) is 4.02. The fourth-order valence-electron chi connectivity index (χ4n) is 2.98. The van der Waals surface area contributed by atoms with E-state index in [2.05, 4.69) is 11.9 Å². The first kappa shape index (κ1) is 15.7. The number of unbranched alkanes of at least 4 members (excludes halogenated alkanes) is 1. The van der Waals surface area contributed by atoms with Crippen LogP contribution in [0.2, 0.25) is 0 Å². The molecule has 0 saturated carbocycles. The second kappa shape index (κ2) is 6.16. The van der Waals surface area contributed by atoms with Crippen molar-refractivity contribution < 1.29 is 28.5 Å². The summed E-state index contributed by atoms with van der Waals surface area (Å²) in [6.45, 7) is 8.25. The molecule has 0 aromatic carbocycles. The van der Waals surface area contributed by atoms with Crippen LogP contribution >= 0.6 is 0 Å². The van der Waals surface area contributed by atoms with Gasteiger partial charge in [0.2, 0.25) is 0 Å². The number of fused-ring (bicyclic) bond motifs is 3. The highest BCUT2D eigenvalue weighted by Gasteiger charge is 2.56. The lowest BCUT2D eigenvalue weighted by Crippen LogP contribution is -2.65.